The minimum absolute atomic E-state index is 0.164. The maximum atomic E-state index is 12.4. The summed E-state index contributed by atoms with van der Waals surface area (Å²) in [5, 5.41) is 9.30. The second-order valence-electron chi connectivity index (χ2n) is 7.02. The van der Waals surface area contributed by atoms with Gasteiger partial charge in [0.1, 0.15) is 5.03 Å². The molecule has 1 aliphatic rings. The van der Waals surface area contributed by atoms with Gasteiger partial charge in [0.25, 0.3) is 0 Å². The number of carbonyl (C=O) groups is 1. The molecule has 8 heteroatoms. The minimum Gasteiger partial charge on any atom is -0.493 e. The second kappa shape index (κ2) is 9.82. The Bertz CT molecular complexity index is 811. The largest absolute Gasteiger partial charge is 0.493 e. The Morgan fingerprint density at radius 2 is 1.72 bits per heavy atom. The van der Waals surface area contributed by atoms with E-state index in [0.29, 0.717) is 34.6 Å². The van der Waals surface area contributed by atoms with Crippen LogP contribution in [0.4, 0.5) is 0 Å². The molecule has 1 fully saturated rings. The molecule has 7 nitrogen and oxygen atoms in total. The second-order valence-corrected chi connectivity index (χ2v) is 8.02. The normalized spacial score (nSPS) is 14.6. The van der Waals surface area contributed by atoms with Gasteiger partial charge in [-0.25, -0.2) is 0 Å². The summed E-state index contributed by atoms with van der Waals surface area (Å²) < 4.78 is 16.1. The van der Waals surface area contributed by atoms with Crippen LogP contribution in [0.3, 0.4) is 0 Å². The summed E-state index contributed by atoms with van der Waals surface area (Å²) in [6, 6.07) is 7.42. The first kappa shape index (κ1) is 21.2. The van der Waals surface area contributed by atoms with Gasteiger partial charge < -0.3 is 19.1 Å². The van der Waals surface area contributed by atoms with Gasteiger partial charge in [0.05, 0.1) is 32.8 Å². The summed E-state index contributed by atoms with van der Waals surface area (Å²) in [6.45, 7) is 3.94. The Morgan fingerprint density at radius 1 is 1.07 bits per heavy atom. The number of hydrogen-bond acceptors (Lipinski definition) is 7. The standard InChI is InChI=1S/C21H27N3O4S/c1-14-7-9-24(10-8-14)20(25)13-29-19-6-5-16(22-23-19)15-11-17(26-2)21(28-4)18(12-15)27-3/h5-6,11-12,14H,7-10,13H2,1-4H3. The molecule has 29 heavy (non-hydrogen) atoms. The first-order valence-electron chi connectivity index (χ1n) is 9.60. The lowest BCUT2D eigenvalue weighted by Gasteiger charge is -2.30. The summed E-state index contributed by atoms with van der Waals surface area (Å²) in [5.74, 6) is 2.90. The van der Waals surface area contributed by atoms with Gasteiger partial charge in [-0.3, -0.25) is 4.79 Å². The number of ether oxygens (including phenoxy) is 3. The molecule has 0 aliphatic carbocycles. The van der Waals surface area contributed by atoms with Gasteiger partial charge in [-0.1, -0.05) is 18.7 Å². The van der Waals surface area contributed by atoms with E-state index in [1.165, 1.54) is 11.8 Å². The van der Waals surface area contributed by atoms with Crippen molar-refractivity contribution in [1.82, 2.24) is 15.1 Å². The number of hydrogen-bond donors (Lipinski definition) is 0. The lowest BCUT2D eigenvalue weighted by molar-refractivity contribution is -0.129. The first-order valence-corrected chi connectivity index (χ1v) is 10.6. The maximum Gasteiger partial charge on any atom is 0.232 e. The number of amides is 1. The van der Waals surface area contributed by atoms with Crippen molar-refractivity contribution in [2.75, 3.05) is 40.2 Å². The van der Waals surface area contributed by atoms with Crippen molar-refractivity contribution in [1.29, 1.82) is 0 Å². The Hall–Kier alpha value is -2.48. The quantitative estimate of drug-likeness (QED) is 0.638. The molecule has 0 atom stereocenters. The van der Waals surface area contributed by atoms with Crippen LogP contribution in [0.2, 0.25) is 0 Å². The highest BCUT2D eigenvalue weighted by Crippen LogP contribution is 2.40. The first-order chi connectivity index (χ1) is 14.0. The SMILES string of the molecule is COc1cc(-c2ccc(SCC(=O)N3CCC(C)CC3)nn2)cc(OC)c1OC. The Labute approximate surface area is 175 Å². The van der Waals surface area contributed by atoms with E-state index in [-0.39, 0.29) is 5.91 Å². The average Bonchev–Trinajstić information content (AvgIpc) is 2.77. The maximum absolute atomic E-state index is 12.4. The number of piperidine rings is 1. The van der Waals surface area contributed by atoms with E-state index in [4.69, 9.17) is 14.2 Å². The summed E-state index contributed by atoms with van der Waals surface area (Å²) in [6.07, 6.45) is 2.17. The molecule has 156 valence electrons. The highest BCUT2D eigenvalue weighted by atomic mass is 32.2. The van der Waals surface area contributed by atoms with Crippen molar-refractivity contribution in [2.24, 2.45) is 5.92 Å². The average molecular weight is 418 g/mol. The van der Waals surface area contributed by atoms with Crippen LogP contribution in [0, 0.1) is 5.92 Å². The molecule has 1 saturated heterocycles. The molecule has 1 aromatic heterocycles. The molecule has 0 saturated carbocycles. The monoisotopic (exact) mass is 417 g/mol. The fourth-order valence-corrected chi connectivity index (χ4v) is 3.98. The van der Waals surface area contributed by atoms with Crippen molar-refractivity contribution >= 4 is 17.7 Å². The van der Waals surface area contributed by atoms with Crippen LogP contribution in [0.5, 0.6) is 17.2 Å². The molecular formula is C21H27N3O4S. The molecule has 1 amide bonds. The highest BCUT2D eigenvalue weighted by Gasteiger charge is 2.20. The Kier molecular flexibility index (Phi) is 7.19. The highest BCUT2D eigenvalue weighted by molar-refractivity contribution is 7.99. The smallest absolute Gasteiger partial charge is 0.232 e. The van der Waals surface area contributed by atoms with E-state index in [1.807, 2.05) is 29.2 Å². The molecular weight excluding hydrogens is 390 g/mol. The molecule has 3 rings (SSSR count). The van der Waals surface area contributed by atoms with E-state index in [1.54, 1.807) is 21.3 Å². The van der Waals surface area contributed by atoms with Gasteiger partial charge in [-0.15, -0.1) is 10.2 Å². The van der Waals surface area contributed by atoms with Crippen LogP contribution in [0.15, 0.2) is 29.3 Å². The van der Waals surface area contributed by atoms with Crippen molar-refractivity contribution in [3.63, 3.8) is 0 Å². The lowest BCUT2D eigenvalue weighted by Crippen LogP contribution is -2.38. The van der Waals surface area contributed by atoms with Crippen molar-refractivity contribution in [3.05, 3.63) is 24.3 Å². The zero-order chi connectivity index (χ0) is 20.8. The molecule has 0 unspecified atom stereocenters. The number of aromatic nitrogens is 2. The molecule has 0 N–H and O–H groups in total. The minimum atomic E-state index is 0.164. The van der Waals surface area contributed by atoms with Gasteiger partial charge >= 0.3 is 0 Å². The fraction of sp³-hybridized carbons (Fsp3) is 0.476. The van der Waals surface area contributed by atoms with Gasteiger partial charge in [-0.2, -0.15) is 0 Å². The van der Waals surface area contributed by atoms with E-state index in [2.05, 4.69) is 17.1 Å². The molecule has 1 aromatic carbocycles. The summed E-state index contributed by atoms with van der Waals surface area (Å²) >= 11 is 1.41. The summed E-state index contributed by atoms with van der Waals surface area (Å²) in [5.41, 5.74) is 1.49. The van der Waals surface area contributed by atoms with Crippen LogP contribution >= 0.6 is 11.8 Å². The van der Waals surface area contributed by atoms with Crippen LogP contribution in [0.1, 0.15) is 19.8 Å². The zero-order valence-corrected chi connectivity index (χ0v) is 18.1. The third-order valence-electron chi connectivity index (χ3n) is 5.08. The number of thioether (sulfide) groups is 1. The molecule has 0 spiro atoms. The predicted molar refractivity (Wildman–Crippen MR) is 113 cm³/mol. The number of nitrogens with zero attached hydrogens (tertiary/aromatic N) is 3. The number of benzene rings is 1. The number of rotatable bonds is 7. The molecule has 1 aliphatic heterocycles. The van der Waals surface area contributed by atoms with Gasteiger partial charge in [-0.05, 0) is 43.0 Å². The van der Waals surface area contributed by atoms with E-state index < -0.39 is 0 Å². The summed E-state index contributed by atoms with van der Waals surface area (Å²) in [7, 11) is 4.72. The predicted octanol–water partition coefficient (Wildman–Crippen LogP) is 3.52. The van der Waals surface area contributed by atoms with Gasteiger partial charge in [0.2, 0.25) is 11.7 Å². The lowest BCUT2D eigenvalue weighted by atomic mass is 9.99. The zero-order valence-electron chi connectivity index (χ0n) is 17.3. The Morgan fingerprint density at radius 3 is 2.24 bits per heavy atom. The third-order valence-corrected chi connectivity index (χ3v) is 5.99. The van der Waals surface area contributed by atoms with E-state index >= 15 is 0 Å². The van der Waals surface area contributed by atoms with Crippen LogP contribution in [-0.4, -0.2) is 61.2 Å². The van der Waals surface area contributed by atoms with E-state index in [9.17, 15) is 4.79 Å². The van der Waals surface area contributed by atoms with E-state index in [0.717, 1.165) is 36.5 Å². The van der Waals surface area contributed by atoms with Crippen LogP contribution in [-0.2, 0) is 4.79 Å². The van der Waals surface area contributed by atoms with Gasteiger partial charge in [0.15, 0.2) is 11.5 Å². The Balaban J connectivity index is 1.66. The van der Waals surface area contributed by atoms with Crippen molar-refractivity contribution in [3.8, 4) is 28.5 Å². The van der Waals surface area contributed by atoms with Crippen molar-refractivity contribution in [2.45, 2.75) is 24.8 Å². The third kappa shape index (κ3) is 5.12. The number of carbonyl (C=O) groups excluding carboxylic acids is 1. The summed E-state index contributed by atoms with van der Waals surface area (Å²) in [4.78, 5) is 14.3. The topological polar surface area (TPSA) is 73.8 Å². The number of likely N-dealkylation sites (tertiary alicyclic amines) is 1. The van der Waals surface area contributed by atoms with Crippen LogP contribution in [0.25, 0.3) is 11.3 Å². The molecule has 0 radical (unpaired) electrons. The van der Waals surface area contributed by atoms with Crippen molar-refractivity contribution < 1.29 is 19.0 Å². The van der Waals surface area contributed by atoms with Crippen LogP contribution < -0.4 is 14.2 Å². The molecule has 0 bridgehead atoms. The number of methoxy groups -OCH3 is 3. The molecule has 2 heterocycles. The molecule has 2 aromatic rings. The van der Waals surface area contributed by atoms with Gasteiger partial charge in [0, 0.05) is 18.7 Å². The fourth-order valence-electron chi connectivity index (χ4n) is 3.26.